The van der Waals surface area contributed by atoms with Gasteiger partial charge in [0.1, 0.15) is 5.75 Å². The molecular weight excluding hydrogens is 388 g/mol. The SMILES string of the molecule is Cc1cc(C(=O)NC2CCC3(CC2)CCN(C(=O)C2CCCC2C)CC3)cc(C)c1O. The average Bonchev–Trinajstić information content (AvgIpc) is 3.19. The molecule has 0 bridgehead atoms. The molecule has 2 unspecified atom stereocenters. The molecule has 1 heterocycles. The molecule has 1 saturated heterocycles. The third kappa shape index (κ3) is 4.61. The first kappa shape index (κ1) is 22.2. The summed E-state index contributed by atoms with van der Waals surface area (Å²) in [6.45, 7) is 7.70. The minimum absolute atomic E-state index is 0.0433. The molecule has 3 aliphatic rings. The summed E-state index contributed by atoms with van der Waals surface area (Å²) in [4.78, 5) is 27.8. The smallest absolute Gasteiger partial charge is 0.251 e. The highest BCUT2D eigenvalue weighted by Crippen LogP contribution is 2.45. The fraction of sp³-hybridized carbons (Fsp3) is 0.692. The quantitative estimate of drug-likeness (QED) is 0.734. The van der Waals surface area contributed by atoms with Crippen molar-refractivity contribution in [2.45, 2.75) is 84.6 Å². The van der Waals surface area contributed by atoms with Gasteiger partial charge in [0.2, 0.25) is 5.91 Å². The molecule has 1 aromatic rings. The van der Waals surface area contributed by atoms with Gasteiger partial charge in [0.15, 0.2) is 0 Å². The van der Waals surface area contributed by atoms with Crippen LogP contribution in [0.25, 0.3) is 0 Å². The van der Waals surface area contributed by atoms with E-state index in [9.17, 15) is 14.7 Å². The van der Waals surface area contributed by atoms with Crippen molar-refractivity contribution >= 4 is 11.8 Å². The Hall–Kier alpha value is -2.04. The fourth-order valence-corrected chi connectivity index (χ4v) is 6.18. The van der Waals surface area contributed by atoms with Crippen molar-refractivity contribution in [3.63, 3.8) is 0 Å². The van der Waals surface area contributed by atoms with Crippen LogP contribution >= 0.6 is 0 Å². The van der Waals surface area contributed by atoms with Crippen LogP contribution in [0.3, 0.4) is 0 Å². The lowest BCUT2D eigenvalue weighted by Crippen LogP contribution is -2.48. The van der Waals surface area contributed by atoms with Crippen molar-refractivity contribution in [2.24, 2.45) is 17.3 Å². The topological polar surface area (TPSA) is 69.6 Å². The number of carbonyl (C=O) groups is 2. The van der Waals surface area contributed by atoms with Gasteiger partial charge in [-0.1, -0.05) is 13.3 Å². The summed E-state index contributed by atoms with van der Waals surface area (Å²) in [6, 6.07) is 3.74. The second-order valence-corrected chi connectivity index (χ2v) is 10.5. The maximum absolute atomic E-state index is 12.9. The van der Waals surface area contributed by atoms with Crippen molar-refractivity contribution in [2.75, 3.05) is 13.1 Å². The van der Waals surface area contributed by atoms with Crippen molar-refractivity contribution in [3.05, 3.63) is 28.8 Å². The van der Waals surface area contributed by atoms with E-state index in [4.69, 9.17) is 0 Å². The van der Waals surface area contributed by atoms with Crippen molar-refractivity contribution < 1.29 is 14.7 Å². The average molecular weight is 427 g/mol. The Labute approximate surface area is 186 Å². The standard InChI is InChI=1S/C26H38N2O3/c1-17-5-4-6-22(17)25(31)28-13-11-26(12-14-28)9-7-21(8-10-26)27-24(30)20-15-18(2)23(29)19(3)16-20/h15-17,21-22,29H,4-14H2,1-3H3,(H,27,30). The number of rotatable bonds is 3. The van der Waals surface area contributed by atoms with Crippen LogP contribution in [0, 0.1) is 31.1 Å². The number of hydrogen-bond acceptors (Lipinski definition) is 3. The van der Waals surface area contributed by atoms with Crippen LogP contribution in [0.2, 0.25) is 0 Å². The Balaban J connectivity index is 1.27. The number of aryl methyl sites for hydroxylation is 2. The summed E-state index contributed by atoms with van der Waals surface area (Å²) >= 11 is 0. The van der Waals surface area contributed by atoms with Gasteiger partial charge in [0, 0.05) is 30.6 Å². The number of piperidine rings is 1. The molecule has 170 valence electrons. The highest BCUT2D eigenvalue weighted by Gasteiger charge is 2.41. The Morgan fingerprint density at radius 2 is 1.61 bits per heavy atom. The fourth-order valence-electron chi connectivity index (χ4n) is 6.18. The predicted octanol–water partition coefficient (Wildman–Crippen LogP) is 4.73. The van der Waals surface area contributed by atoms with Crippen LogP contribution in [0.5, 0.6) is 5.75 Å². The van der Waals surface area contributed by atoms with E-state index in [1.807, 2.05) is 13.8 Å². The number of carbonyl (C=O) groups excluding carboxylic acids is 2. The van der Waals surface area contributed by atoms with E-state index in [0.717, 1.165) is 69.2 Å². The molecule has 31 heavy (non-hydrogen) atoms. The predicted molar refractivity (Wildman–Crippen MR) is 122 cm³/mol. The second-order valence-electron chi connectivity index (χ2n) is 10.5. The number of aromatic hydroxyl groups is 1. The molecular formula is C26H38N2O3. The summed E-state index contributed by atoms with van der Waals surface area (Å²) in [5.74, 6) is 1.43. The van der Waals surface area contributed by atoms with E-state index in [-0.39, 0.29) is 23.6 Å². The maximum Gasteiger partial charge on any atom is 0.251 e. The van der Waals surface area contributed by atoms with E-state index in [1.165, 1.54) is 12.8 Å². The van der Waals surface area contributed by atoms with Gasteiger partial charge in [-0.2, -0.15) is 0 Å². The summed E-state index contributed by atoms with van der Waals surface area (Å²) in [5, 5.41) is 13.2. The first-order valence-corrected chi connectivity index (χ1v) is 12.2. The normalized spacial score (nSPS) is 26.2. The van der Waals surface area contributed by atoms with Crippen LogP contribution in [0.4, 0.5) is 0 Å². The summed E-state index contributed by atoms with van der Waals surface area (Å²) < 4.78 is 0. The highest BCUT2D eigenvalue weighted by atomic mass is 16.3. The van der Waals surface area contributed by atoms with Crippen molar-refractivity contribution in [3.8, 4) is 5.75 Å². The Bertz CT molecular complexity index is 808. The van der Waals surface area contributed by atoms with Crippen LogP contribution < -0.4 is 5.32 Å². The summed E-state index contributed by atoms with van der Waals surface area (Å²) in [5.41, 5.74) is 2.45. The van der Waals surface area contributed by atoms with Gasteiger partial charge in [0.05, 0.1) is 0 Å². The van der Waals surface area contributed by atoms with Crippen LogP contribution in [-0.2, 0) is 4.79 Å². The van der Waals surface area contributed by atoms with Crippen molar-refractivity contribution in [1.82, 2.24) is 10.2 Å². The van der Waals surface area contributed by atoms with Gasteiger partial charge in [-0.05, 0) is 99.8 Å². The number of nitrogens with zero attached hydrogens (tertiary/aromatic N) is 1. The molecule has 2 N–H and O–H groups in total. The van der Waals surface area contributed by atoms with E-state index < -0.39 is 0 Å². The van der Waals surface area contributed by atoms with E-state index in [1.54, 1.807) is 12.1 Å². The van der Waals surface area contributed by atoms with Gasteiger partial charge in [-0.15, -0.1) is 0 Å². The highest BCUT2D eigenvalue weighted by molar-refractivity contribution is 5.95. The molecule has 4 rings (SSSR count). The van der Waals surface area contributed by atoms with E-state index in [0.29, 0.717) is 22.8 Å². The van der Waals surface area contributed by atoms with Crippen LogP contribution in [-0.4, -0.2) is 41.0 Å². The van der Waals surface area contributed by atoms with E-state index >= 15 is 0 Å². The molecule has 1 spiro atoms. The molecule has 2 atom stereocenters. The zero-order valence-corrected chi connectivity index (χ0v) is 19.4. The van der Waals surface area contributed by atoms with Crippen LogP contribution in [0.1, 0.15) is 86.2 Å². The number of amides is 2. The minimum Gasteiger partial charge on any atom is -0.507 e. The lowest BCUT2D eigenvalue weighted by atomic mass is 9.67. The number of hydrogen-bond donors (Lipinski definition) is 2. The first-order valence-electron chi connectivity index (χ1n) is 12.2. The third-order valence-electron chi connectivity index (χ3n) is 8.45. The third-order valence-corrected chi connectivity index (χ3v) is 8.45. The van der Waals surface area contributed by atoms with Gasteiger partial charge >= 0.3 is 0 Å². The maximum atomic E-state index is 12.9. The first-order chi connectivity index (χ1) is 14.8. The summed E-state index contributed by atoms with van der Waals surface area (Å²) in [6.07, 6.45) is 9.97. The molecule has 1 aromatic carbocycles. The second kappa shape index (κ2) is 8.84. The summed E-state index contributed by atoms with van der Waals surface area (Å²) in [7, 11) is 0. The zero-order valence-electron chi connectivity index (χ0n) is 19.4. The number of phenolic OH excluding ortho intramolecular Hbond substituents is 1. The molecule has 3 fully saturated rings. The Morgan fingerprint density at radius 3 is 2.16 bits per heavy atom. The molecule has 0 radical (unpaired) electrons. The molecule has 1 aliphatic heterocycles. The largest absolute Gasteiger partial charge is 0.507 e. The van der Waals surface area contributed by atoms with Gasteiger partial charge in [0.25, 0.3) is 5.91 Å². The number of benzene rings is 1. The lowest BCUT2D eigenvalue weighted by molar-refractivity contribution is -0.139. The number of likely N-dealkylation sites (tertiary alicyclic amines) is 1. The molecule has 0 aromatic heterocycles. The monoisotopic (exact) mass is 426 g/mol. The van der Waals surface area contributed by atoms with E-state index in [2.05, 4.69) is 17.1 Å². The van der Waals surface area contributed by atoms with Crippen LogP contribution in [0.15, 0.2) is 12.1 Å². The zero-order chi connectivity index (χ0) is 22.2. The Kier molecular flexibility index (Phi) is 6.32. The Morgan fingerprint density at radius 1 is 1.00 bits per heavy atom. The van der Waals surface area contributed by atoms with Gasteiger partial charge in [-0.25, -0.2) is 0 Å². The molecule has 2 aliphatic carbocycles. The van der Waals surface area contributed by atoms with Crippen molar-refractivity contribution in [1.29, 1.82) is 0 Å². The number of phenols is 1. The molecule has 2 amide bonds. The minimum atomic E-state index is -0.0433. The van der Waals surface area contributed by atoms with Gasteiger partial charge < -0.3 is 15.3 Å². The molecule has 5 nitrogen and oxygen atoms in total. The molecule has 2 saturated carbocycles. The molecule has 5 heteroatoms. The van der Waals surface area contributed by atoms with Gasteiger partial charge in [-0.3, -0.25) is 9.59 Å². The number of nitrogens with one attached hydrogen (secondary N) is 1. The lowest BCUT2D eigenvalue weighted by Gasteiger charge is -2.46.